The third-order valence-corrected chi connectivity index (χ3v) is 1.50. The predicted octanol–water partition coefficient (Wildman–Crippen LogP) is 0.464. The molecule has 0 aromatic heterocycles. The quantitative estimate of drug-likeness (QED) is 0.532. The standard InChI is InChI=1S/C6H12O3.C4H8O3/c1-2-3-5(7)4-6(8)9;1-3(5)2-4(6)7/h5,7H,2-4H2,1H3,(H,8,9);3,5H,2H2,1H3,(H,6,7). The van der Waals surface area contributed by atoms with Crippen LogP contribution in [0.1, 0.15) is 39.5 Å². The number of aliphatic hydroxyl groups excluding tert-OH is 2. The molecule has 0 bridgehead atoms. The number of aliphatic carboxylic acids is 2. The SMILES string of the molecule is CC(O)CC(=O)O.CCCC(O)CC(=O)O. The molecule has 0 aromatic carbocycles. The molecule has 0 aromatic rings. The van der Waals surface area contributed by atoms with E-state index < -0.39 is 24.1 Å². The zero-order valence-corrected chi connectivity index (χ0v) is 9.59. The Kier molecular flexibility index (Phi) is 11.2. The molecule has 0 rings (SSSR count). The van der Waals surface area contributed by atoms with E-state index >= 15 is 0 Å². The second-order valence-electron chi connectivity index (χ2n) is 3.49. The third kappa shape index (κ3) is 18.6. The van der Waals surface area contributed by atoms with Crippen molar-refractivity contribution >= 4 is 11.9 Å². The zero-order valence-electron chi connectivity index (χ0n) is 9.59. The summed E-state index contributed by atoms with van der Waals surface area (Å²) in [7, 11) is 0. The summed E-state index contributed by atoms with van der Waals surface area (Å²) in [5.74, 6) is -1.90. The lowest BCUT2D eigenvalue weighted by molar-refractivity contribution is -0.140. The van der Waals surface area contributed by atoms with Crippen LogP contribution in [-0.2, 0) is 9.59 Å². The molecule has 0 aliphatic rings. The largest absolute Gasteiger partial charge is 0.481 e. The Morgan fingerprint density at radius 2 is 1.50 bits per heavy atom. The van der Waals surface area contributed by atoms with Crippen molar-refractivity contribution in [2.24, 2.45) is 0 Å². The van der Waals surface area contributed by atoms with Gasteiger partial charge >= 0.3 is 11.9 Å². The number of carboxylic acids is 2. The van der Waals surface area contributed by atoms with Gasteiger partial charge in [0.2, 0.25) is 0 Å². The first-order valence-electron chi connectivity index (χ1n) is 5.09. The van der Waals surface area contributed by atoms with E-state index in [0.717, 1.165) is 6.42 Å². The van der Waals surface area contributed by atoms with Crippen LogP contribution in [0.25, 0.3) is 0 Å². The Hall–Kier alpha value is -1.14. The maximum atomic E-state index is 9.92. The highest BCUT2D eigenvalue weighted by atomic mass is 16.4. The topological polar surface area (TPSA) is 115 Å². The molecule has 0 heterocycles. The van der Waals surface area contributed by atoms with E-state index in [-0.39, 0.29) is 12.8 Å². The maximum Gasteiger partial charge on any atom is 0.305 e. The van der Waals surface area contributed by atoms with Crippen molar-refractivity contribution in [1.29, 1.82) is 0 Å². The molecule has 0 saturated carbocycles. The van der Waals surface area contributed by atoms with Gasteiger partial charge in [0, 0.05) is 0 Å². The molecular weight excluding hydrogens is 216 g/mol. The van der Waals surface area contributed by atoms with Gasteiger partial charge in [0.25, 0.3) is 0 Å². The van der Waals surface area contributed by atoms with Crippen LogP contribution in [0, 0.1) is 0 Å². The molecule has 0 aliphatic heterocycles. The lowest BCUT2D eigenvalue weighted by Crippen LogP contribution is -2.11. The summed E-state index contributed by atoms with van der Waals surface area (Å²) in [6.45, 7) is 3.35. The van der Waals surface area contributed by atoms with Gasteiger partial charge in [-0.15, -0.1) is 0 Å². The van der Waals surface area contributed by atoms with Crippen LogP contribution in [-0.4, -0.2) is 44.6 Å². The molecule has 0 amide bonds. The highest BCUT2D eigenvalue weighted by Gasteiger charge is 2.06. The molecular formula is C10H20O6. The van der Waals surface area contributed by atoms with E-state index in [1.807, 2.05) is 6.92 Å². The van der Waals surface area contributed by atoms with E-state index in [1.165, 1.54) is 6.92 Å². The van der Waals surface area contributed by atoms with Crippen LogP contribution < -0.4 is 0 Å². The number of hydrogen-bond acceptors (Lipinski definition) is 4. The second-order valence-corrected chi connectivity index (χ2v) is 3.49. The predicted molar refractivity (Wildman–Crippen MR) is 57.1 cm³/mol. The fourth-order valence-corrected chi connectivity index (χ4v) is 0.890. The Balaban J connectivity index is 0. The summed E-state index contributed by atoms with van der Waals surface area (Å²) in [6.07, 6.45) is -0.279. The van der Waals surface area contributed by atoms with Gasteiger partial charge in [-0.3, -0.25) is 9.59 Å². The number of carboxylic acid groups (broad SMARTS) is 2. The average Bonchev–Trinajstić information content (AvgIpc) is 2.00. The molecule has 6 nitrogen and oxygen atoms in total. The van der Waals surface area contributed by atoms with Gasteiger partial charge in [0.1, 0.15) is 0 Å². The molecule has 16 heavy (non-hydrogen) atoms. The third-order valence-electron chi connectivity index (χ3n) is 1.50. The number of rotatable bonds is 6. The van der Waals surface area contributed by atoms with Crippen molar-refractivity contribution in [2.45, 2.75) is 51.7 Å². The molecule has 0 fully saturated rings. The van der Waals surface area contributed by atoms with Gasteiger partial charge in [-0.05, 0) is 13.3 Å². The fourth-order valence-electron chi connectivity index (χ4n) is 0.890. The minimum atomic E-state index is -0.963. The molecule has 2 atom stereocenters. The smallest absolute Gasteiger partial charge is 0.305 e. The van der Waals surface area contributed by atoms with Crippen LogP contribution in [0.5, 0.6) is 0 Å². The normalized spacial score (nSPS) is 13.2. The molecule has 0 aliphatic carbocycles. The van der Waals surface area contributed by atoms with E-state index in [2.05, 4.69) is 0 Å². The first-order valence-corrected chi connectivity index (χ1v) is 5.09. The molecule has 2 unspecified atom stereocenters. The van der Waals surface area contributed by atoms with E-state index in [9.17, 15) is 9.59 Å². The summed E-state index contributed by atoms with van der Waals surface area (Å²) in [5.41, 5.74) is 0. The van der Waals surface area contributed by atoms with Crippen molar-refractivity contribution in [2.75, 3.05) is 0 Å². The first-order chi connectivity index (χ1) is 7.29. The number of hydrogen-bond donors (Lipinski definition) is 4. The Morgan fingerprint density at radius 1 is 1.06 bits per heavy atom. The first kappa shape index (κ1) is 17.3. The van der Waals surface area contributed by atoms with Crippen LogP contribution in [0.4, 0.5) is 0 Å². The van der Waals surface area contributed by atoms with Crippen molar-refractivity contribution in [3.8, 4) is 0 Å². The lowest BCUT2D eigenvalue weighted by Gasteiger charge is -2.03. The number of aliphatic hydroxyl groups is 2. The minimum absolute atomic E-state index is 0.131. The molecule has 4 N–H and O–H groups in total. The second kappa shape index (κ2) is 10.4. The average molecular weight is 236 g/mol. The summed E-state index contributed by atoms with van der Waals surface area (Å²) in [5, 5.41) is 33.3. The summed E-state index contributed by atoms with van der Waals surface area (Å²) < 4.78 is 0. The van der Waals surface area contributed by atoms with Crippen molar-refractivity contribution in [1.82, 2.24) is 0 Å². The van der Waals surface area contributed by atoms with E-state index in [0.29, 0.717) is 6.42 Å². The van der Waals surface area contributed by atoms with Crippen molar-refractivity contribution in [3.63, 3.8) is 0 Å². The molecule has 96 valence electrons. The molecule has 0 spiro atoms. The number of carbonyl (C=O) groups is 2. The summed E-state index contributed by atoms with van der Waals surface area (Å²) >= 11 is 0. The van der Waals surface area contributed by atoms with Gasteiger partial charge in [-0.2, -0.15) is 0 Å². The van der Waals surface area contributed by atoms with Gasteiger partial charge in [-0.25, -0.2) is 0 Å². The van der Waals surface area contributed by atoms with Crippen LogP contribution in [0.15, 0.2) is 0 Å². The van der Waals surface area contributed by atoms with E-state index in [1.54, 1.807) is 0 Å². The van der Waals surface area contributed by atoms with Crippen LogP contribution in [0.3, 0.4) is 0 Å². The van der Waals surface area contributed by atoms with E-state index in [4.69, 9.17) is 20.4 Å². The minimum Gasteiger partial charge on any atom is -0.481 e. The highest BCUT2D eigenvalue weighted by Crippen LogP contribution is 1.99. The Morgan fingerprint density at radius 3 is 1.69 bits per heavy atom. The van der Waals surface area contributed by atoms with Crippen LogP contribution >= 0.6 is 0 Å². The van der Waals surface area contributed by atoms with Gasteiger partial charge < -0.3 is 20.4 Å². The molecule has 6 heteroatoms. The Bertz CT molecular complexity index is 201. The Labute approximate surface area is 94.5 Å². The van der Waals surface area contributed by atoms with Gasteiger partial charge in [-0.1, -0.05) is 13.3 Å². The summed E-state index contributed by atoms with van der Waals surface area (Å²) in [6, 6.07) is 0. The summed E-state index contributed by atoms with van der Waals surface area (Å²) in [4.78, 5) is 19.6. The highest BCUT2D eigenvalue weighted by molar-refractivity contribution is 5.67. The van der Waals surface area contributed by atoms with Crippen molar-refractivity contribution < 1.29 is 30.0 Å². The molecule has 0 radical (unpaired) electrons. The monoisotopic (exact) mass is 236 g/mol. The molecule has 0 saturated heterocycles. The maximum absolute atomic E-state index is 9.92. The van der Waals surface area contributed by atoms with Crippen LogP contribution in [0.2, 0.25) is 0 Å². The van der Waals surface area contributed by atoms with Gasteiger partial charge in [0.15, 0.2) is 0 Å². The van der Waals surface area contributed by atoms with Crippen molar-refractivity contribution in [3.05, 3.63) is 0 Å². The zero-order chi connectivity index (χ0) is 13.1. The van der Waals surface area contributed by atoms with Gasteiger partial charge in [0.05, 0.1) is 25.0 Å². The lowest BCUT2D eigenvalue weighted by atomic mass is 10.1. The fraction of sp³-hybridized carbons (Fsp3) is 0.800.